The first-order valence-electron chi connectivity index (χ1n) is 10.5. The van der Waals surface area contributed by atoms with Gasteiger partial charge in [-0.15, -0.1) is 0 Å². The fraction of sp³-hybridized carbons (Fsp3) is 0.217. The predicted octanol–water partition coefficient (Wildman–Crippen LogP) is 4.97. The zero-order valence-electron chi connectivity index (χ0n) is 18.3. The second-order valence-corrected chi connectivity index (χ2v) is 9.12. The van der Waals surface area contributed by atoms with Crippen molar-refractivity contribution < 1.29 is 18.4 Å². The quantitative estimate of drug-likeness (QED) is 0.348. The van der Waals surface area contributed by atoms with Crippen LogP contribution < -0.4 is 5.32 Å². The SMILES string of the molecule is CCOP(=O)(Cn1cnc2c(NC(=O)c3cccc(-c4ccccc4)c3)ncnc21)OCC. The van der Waals surface area contributed by atoms with E-state index in [9.17, 15) is 9.36 Å². The lowest BCUT2D eigenvalue weighted by Crippen LogP contribution is -2.13. The van der Waals surface area contributed by atoms with E-state index in [0.29, 0.717) is 16.7 Å². The lowest BCUT2D eigenvalue weighted by Gasteiger charge is -2.17. The fourth-order valence-corrected chi connectivity index (χ4v) is 5.03. The van der Waals surface area contributed by atoms with E-state index in [-0.39, 0.29) is 31.2 Å². The minimum Gasteiger partial charge on any atom is -0.308 e. The van der Waals surface area contributed by atoms with Crippen LogP contribution in [0.4, 0.5) is 5.82 Å². The molecule has 4 aromatic rings. The van der Waals surface area contributed by atoms with Crippen LogP contribution in [0.3, 0.4) is 0 Å². The van der Waals surface area contributed by atoms with E-state index in [1.54, 1.807) is 24.5 Å². The van der Waals surface area contributed by atoms with E-state index in [4.69, 9.17) is 9.05 Å². The number of imidazole rings is 1. The molecule has 0 saturated carbocycles. The molecule has 0 saturated heterocycles. The third-order valence-corrected chi connectivity index (χ3v) is 6.80. The molecule has 2 heterocycles. The maximum Gasteiger partial charge on any atom is 0.350 e. The first-order valence-corrected chi connectivity index (χ1v) is 12.3. The standard InChI is InChI=1S/C23H24N5O4P/c1-3-31-33(30,32-4-2)16-28-15-26-20-21(24-14-25-22(20)28)27-23(29)19-12-8-11-18(13-19)17-9-6-5-7-10-17/h5-15H,3-4,16H2,1-2H3,(H,24,25,27,29). The molecule has 170 valence electrons. The summed E-state index contributed by atoms with van der Waals surface area (Å²) in [6.45, 7) is 4.01. The van der Waals surface area contributed by atoms with Crippen LogP contribution in [0.1, 0.15) is 24.2 Å². The molecule has 4 rings (SSSR count). The molecule has 0 radical (unpaired) electrons. The number of nitrogens with zero attached hydrogens (tertiary/aromatic N) is 4. The van der Waals surface area contributed by atoms with Crippen molar-refractivity contribution in [1.82, 2.24) is 19.5 Å². The Bertz CT molecular complexity index is 1300. The monoisotopic (exact) mass is 465 g/mol. The third kappa shape index (κ3) is 5.17. The number of amides is 1. The molecule has 1 N–H and O–H groups in total. The Kier molecular flexibility index (Phi) is 6.93. The van der Waals surface area contributed by atoms with Gasteiger partial charge in [-0.25, -0.2) is 15.0 Å². The third-order valence-electron chi connectivity index (χ3n) is 4.84. The van der Waals surface area contributed by atoms with E-state index >= 15 is 0 Å². The molecular weight excluding hydrogens is 441 g/mol. The van der Waals surface area contributed by atoms with E-state index in [1.807, 2.05) is 48.5 Å². The molecule has 0 atom stereocenters. The summed E-state index contributed by atoms with van der Waals surface area (Å²) >= 11 is 0. The molecule has 0 bridgehead atoms. The number of fused-ring (bicyclic) bond motifs is 1. The number of anilines is 1. The van der Waals surface area contributed by atoms with Crippen LogP contribution in [0.25, 0.3) is 22.3 Å². The molecule has 0 aliphatic rings. The molecule has 9 nitrogen and oxygen atoms in total. The summed E-state index contributed by atoms with van der Waals surface area (Å²) in [5.41, 5.74) is 3.23. The molecule has 33 heavy (non-hydrogen) atoms. The fourth-order valence-electron chi connectivity index (χ4n) is 3.42. The highest BCUT2D eigenvalue weighted by molar-refractivity contribution is 7.52. The van der Waals surface area contributed by atoms with Gasteiger partial charge < -0.3 is 18.9 Å². The molecule has 0 spiro atoms. The number of carbonyl (C=O) groups excluding carboxylic acids is 1. The second kappa shape index (κ2) is 10.0. The first-order chi connectivity index (χ1) is 16.0. The summed E-state index contributed by atoms with van der Waals surface area (Å²) in [5, 5.41) is 2.81. The number of benzene rings is 2. The van der Waals surface area contributed by atoms with Crippen LogP contribution >= 0.6 is 7.60 Å². The minimum absolute atomic E-state index is 0.0469. The van der Waals surface area contributed by atoms with Crippen molar-refractivity contribution in [2.45, 2.75) is 20.1 Å². The van der Waals surface area contributed by atoms with E-state index in [1.165, 1.54) is 12.7 Å². The normalized spacial score (nSPS) is 11.6. The summed E-state index contributed by atoms with van der Waals surface area (Å²) < 4.78 is 25.2. The average Bonchev–Trinajstić information content (AvgIpc) is 3.23. The van der Waals surface area contributed by atoms with Gasteiger partial charge in [0.15, 0.2) is 17.0 Å². The minimum atomic E-state index is -3.36. The van der Waals surface area contributed by atoms with Gasteiger partial charge in [0.1, 0.15) is 12.6 Å². The van der Waals surface area contributed by atoms with Gasteiger partial charge in [0.25, 0.3) is 5.91 Å². The van der Waals surface area contributed by atoms with Crippen LogP contribution in [0.2, 0.25) is 0 Å². The van der Waals surface area contributed by atoms with E-state index in [0.717, 1.165) is 11.1 Å². The Morgan fingerprint density at radius 3 is 2.42 bits per heavy atom. The van der Waals surface area contributed by atoms with Gasteiger partial charge in [-0.2, -0.15) is 0 Å². The average molecular weight is 465 g/mol. The van der Waals surface area contributed by atoms with E-state index in [2.05, 4.69) is 20.3 Å². The summed E-state index contributed by atoms with van der Waals surface area (Å²) in [7, 11) is -3.36. The smallest absolute Gasteiger partial charge is 0.308 e. The van der Waals surface area contributed by atoms with Gasteiger partial charge in [0.2, 0.25) is 0 Å². The van der Waals surface area contributed by atoms with Crippen molar-refractivity contribution in [3.8, 4) is 11.1 Å². The molecule has 0 unspecified atom stereocenters. The van der Waals surface area contributed by atoms with Gasteiger partial charge in [-0.3, -0.25) is 9.36 Å². The molecular formula is C23H24N5O4P. The highest BCUT2D eigenvalue weighted by Crippen LogP contribution is 2.50. The maximum atomic E-state index is 13.0. The van der Waals surface area contributed by atoms with Gasteiger partial charge >= 0.3 is 7.60 Å². The van der Waals surface area contributed by atoms with Crippen LogP contribution in [0.5, 0.6) is 0 Å². The first kappa shape index (κ1) is 22.8. The maximum absolute atomic E-state index is 13.0. The van der Waals surface area contributed by atoms with Crippen molar-refractivity contribution >= 4 is 30.5 Å². The van der Waals surface area contributed by atoms with Crippen molar-refractivity contribution in [1.29, 1.82) is 0 Å². The van der Waals surface area contributed by atoms with Crippen molar-refractivity contribution in [2.75, 3.05) is 18.5 Å². The number of nitrogens with one attached hydrogen (secondary N) is 1. The zero-order valence-corrected chi connectivity index (χ0v) is 19.2. The van der Waals surface area contributed by atoms with Crippen molar-refractivity contribution in [3.63, 3.8) is 0 Å². The largest absolute Gasteiger partial charge is 0.350 e. The molecule has 2 aromatic heterocycles. The summed E-state index contributed by atoms with van der Waals surface area (Å²) in [6, 6.07) is 17.2. The van der Waals surface area contributed by atoms with E-state index < -0.39 is 7.60 Å². The highest BCUT2D eigenvalue weighted by Gasteiger charge is 2.26. The molecule has 0 fully saturated rings. The summed E-state index contributed by atoms with van der Waals surface area (Å²) in [6.07, 6.45) is 2.76. The molecule has 0 aliphatic carbocycles. The lowest BCUT2D eigenvalue weighted by atomic mass is 10.0. The molecule has 2 aromatic carbocycles. The van der Waals surface area contributed by atoms with Crippen LogP contribution in [-0.4, -0.2) is 38.6 Å². The van der Waals surface area contributed by atoms with Gasteiger partial charge in [-0.05, 0) is 37.1 Å². The Morgan fingerprint density at radius 2 is 1.70 bits per heavy atom. The number of hydrogen-bond acceptors (Lipinski definition) is 7. The van der Waals surface area contributed by atoms with Crippen LogP contribution in [-0.2, 0) is 19.9 Å². The highest BCUT2D eigenvalue weighted by atomic mass is 31.2. The Morgan fingerprint density at radius 1 is 0.970 bits per heavy atom. The van der Waals surface area contributed by atoms with Gasteiger partial charge in [0, 0.05) is 5.56 Å². The summed E-state index contributed by atoms with van der Waals surface area (Å²) in [5.74, 6) is -0.0619. The molecule has 1 amide bonds. The topological polar surface area (TPSA) is 108 Å². The van der Waals surface area contributed by atoms with Crippen LogP contribution in [0, 0.1) is 0 Å². The van der Waals surface area contributed by atoms with Gasteiger partial charge in [-0.1, -0.05) is 42.5 Å². The van der Waals surface area contributed by atoms with Gasteiger partial charge in [0.05, 0.1) is 19.5 Å². The molecule has 0 aliphatic heterocycles. The summed E-state index contributed by atoms with van der Waals surface area (Å²) in [4.78, 5) is 25.7. The van der Waals surface area contributed by atoms with Crippen molar-refractivity contribution in [2.24, 2.45) is 0 Å². The number of aromatic nitrogens is 4. The second-order valence-electron chi connectivity index (χ2n) is 7.10. The number of carbonyl (C=O) groups is 1. The Hall–Kier alpha value is -3.39. The lowest BCUT2D eigenvalue weighted by molar-refractivity contribution is 0.102. The van der Waals surface area contributed by atoms with Crippen molar-refractivity contribution in [3.05, 3.63) is 72.8 Å². The Labute approximate surface area is 191 Å². The Balaban J connectivity index is 1.59. The predicted molar refractivity (Wildman–Crippen MR) is 126 cm³/mol. The van der Waals surface area contributed by atoms with Crippen LogP contribution in [0.15, 0.2) is 67.3 Å². The zero-order chi connectivity index (χ0) is 23.3. The number of rotatable bonds is 9. The number of hydrogen-bond donors (Lipinski definition) is 1. The molecule has 10 heteroatoms.